The van der Waals surface area contributed by atoms with Crippen molar-refractivity contribution in [2.24, 2.45) is 0 Å². The first kappa shape index (κ1) is 15.6. The van der Waals surface area contributed by atoms with E-state index in [-0.39, 0.29) is 5.41 Å². The van der Waals surface area contributed by atoms with Crippen LogP contribution in [0.2, 0.25) is 0 Å². The number of aliphatic hydroxyl groups is 1. The lowest BCUT2D eigenvalue weighted by atomic mass is 9.86. The minimum absolute atomic E-state index is 0.135. The second-order valence-electron chi connectivity index (χ2n) is 6.44. The van der Waals surface area contributed by atoms with Crippen LogP contribution in [0.15, 0.2) is 48.5 Å². The highest BCUT2D eigenvalue weighted by atomic mass is 16.5. The number of hydrogen-bond donors (Lipinski definition) is 1. The molecule has 0 fully saturated rings. The second kappa shape index (κ2) is 6.31. The largest absolute Gasteiger partial charge is 0.497 e. The normalized spacial score (nSPS) is 13.0. The van der Waals surface area contributed by atoms with Crippen molar-refractivity contribution in [1.29, 1.82) is 0 Å². The Morgan fingerprint density at radius 2 is 1.71 bits per heavy atom. The summed E-state index contributed by atoms with van der Waals surface area (Å²) in [6.07, 6.45) is 0.0950. The predicted octanol–water partition coefficient (Wildman–Crippen LogP) is 4.27. The minimum Gasteiger partial charge on any atom is -0.497 e. The van der Waals surface area contributed by atoms with E-state index in [4.69, 9.17) is 4.74 Å². The summed E-state index contributed by atoms with van der Waals surface area (Å²) in [5, 5.41) is 10.4. The van der Waals surface area contributed by atoms with Crippen LogP contribution in [-0.2, 0) is 11.8 Å². The van der Waals surface area contributed by atoms with Gasteiger partial charge in [-0.3, -0.25) is 0 Å². The molecule has 1 atom stereocenters. The van der Waals surface area contributed by atoms with Crippen molar-refractivity contribution in [3.63, 3.8) is 0 Å². The Morgan fingerprint density at radius 1 is 1.05 bits per heavy atom. The third-order valence-corrected chi connectivity index (χ3v) is 3.72. The molecule has 2 rings (SSSR count). The van der Waals surface area contributed by atoms with Crippen molar-refractivity contribution < 1.29 is 9.84 Å². The van der Waals surface area contributed by atoms with Crippen LogP contribution in [0.3, 0.4) is 0 Å². The van der Waals surface area contributed by atoms with E-state index < -0.39 is 6.10 Å². The average molecular weight is 284 g/mol. The molecule has 0 bridgehead atoms. The van der Waals surface area contributed by atoms with Crippen LogP contribution in [0.1, 0.15) is 43.6 Å². The summed E-state index contributed by atoms with van der Waals surface area (Å²) in [7, 11) is 1.65. The molecule has 0 spiro atoms. The molecule has 2 aromatic rings. The zero-order chi connectivity index (χ0) is 15.5. The van der Waals surface area contributed by atoms with E-state index in [1.807, 2.05) is 36.4 Å². The zero-order valence-electron chi connectivity index (χ0n) is 13.3. The molecule has 2 nitrogen and oxygen atoms in total. The molecule has 1 unspecified atom stereocenters. The Labute approximate surface area is 127 Å². The molecule has 0 aliphatic rings. The van der Waals surface area contributed by atoms with Gasteiger partial charge in [0.25, 0.3) is 0 Å². The van der Waals surface area contributed by atoms with E-state index in [1.165, 1.54) is 5.56 Å². The summed E-state index contributed by atoms with van der Waals surface area (Å²) in [6.45, 7) is 6.57. The van der Waals surface area contributed by atoms with Crippen LogP contribution in [0.4, 0.5) is 0 Å². The van der Waals surface area contributed by atoms with Crippen molar-refractivity contribution in [3.05, 3.63) is 65.2 Å². The smallest absolute Gasteiger partial charge is 0.119 e. The molecule has 0 aliphatic heterocycles. The van der Waals surface area contributed by atoms with E-state index in [0.29, 0.717) is 6.42 Å². The molecule has 0 saturated heterocycles. The lowest BCUT2D eigenvalue weighted by Gasteiger charge is -2.20. The summed E-state index contributed by atoms with van der Waals surface area (Å²) in [5.74, 6) is 0.822. The zero-order valence-corrected chi connectivity index (χ0v) is 13.3. The predicted molar refractivity (Wildman–Crippen MR) is 86.8 cm³/mol. The standard InChI is InChI=1S/C19H24O2/c1-19(2,3)16-10-8-15(9-11-16)18(20)13-14-6-5-7-17(12-14)21-4/h5-12,18,20H,13H2,1-4H3. The molecular formula is C19H24O2. The first-order valence-corrected chi connectivity index (χ1v) is 7.31. The van der Waals surface area contributed by atoms with Crippen LogP contribution in [0.5, 0.6) is 5.75 Å². The average Bonchev–Trinajstić information content (AvgIpc) is 2.46. The number of hydrogen-bond acceptors (Lipinski definition) is 2. The minimum atomic E-state index is -0.494. The van der Waals surface area contributed by atoms with E-state index in [0.717, 1.165) is 16.9 Å². The first-order chi connectivity index (χ1) is 9.90. The molecule has 2 heteroatoms. The van der Waals surface area contributed by atoms with Gasteiger partial charge in [-0.25, -0.2) is 0 Å². The summed E-state index contributed by atoms with van der Waals surface area (Å²) in [4.78, 5) is 0. The Hall–Kier alpha value is -1.80. The highest BCUT2D eigenvalue weighted by Crippen LogP contribution is 2.25. The summed E-state index contributed by atoms with van der Waals surface area (Å²) in [6, 6.07) is 16.1. The van der Waals surface area contributed by atoms with E-state index in [9.17, 15) is 5.11 Å². The van der Waals surface area contributed by atoms with Crippen molar-refractivity contribution in [2.45, 2.75) is 38.7 Å². The fourth-order valence-electron chi connectivity index (χ4n) is 2.35. The van der Waals surface area contributed by atoms with Crippen molar-refractivity contribution >= 4 is 0 Å². The van der Waals surface area contributed by atoms with Gasteiger partial charge in [-0.15, -0.1) is 0 Å². The third kappa shape index (κ3) is 4.08. The van der Waals surface area contributed by atoms with E-state index in [1.54, 1.807) is 7.11 Å². The molecule has 21 heavy (non-hydrogen) atoms. The Kier molecular flexibility index (Phi) is 4.69. The fraction of sp³-hybridized carbons (Fsp3) is 0.368. The second-order valence-corrected chi connectivity index (χ2v) is 6.44. The maximum atomic E-state index is 10.4. The molecule has 0 heterocycles. The lowest BCUT2D eigenvalue weighted by molar-refractivity contribution is 0.178. The topological polar surface area (TPSA) is 29.5 Å². The Bertz CT molecular complexity index is 579. The van der Waals surface area contributed by atoms with Gasteiger partial charge < -0.3 is 9.84 Å². The quantitative estimate of drug-likeness (QED) is 0.908. The summed E-state index contributed by atoms with van der Waals surface area (Å²) >= 11 is 0. The van der Waals surface area contributed by atoms with Crippen molar-refractivity contribution in [3.8, 4) is 5.75 Å². The van der Waals surface area contributed by atoms with Crippen LogP contribution >= 0.6 is 0 Å². The Morgan fingerprint density at radius 3 is 2.29 bits per heavy atom. The molecule has 0 aromatic heterocycles. The van der Waals surface area contributed by atoms with Crippen molar-refractivity contribution in [1.82, 2.24) is 0 Å². The number of rotatable bonds is 4. The molecule has 1 N–H and O–H groups in total. The number of methoxy groups -OCH3 is 1. The third-order valence-electron chi connectivity index (χ3n) is 3.72. The highest BCUT2D eigenvalue weighted by molar-refractivity contribution is 5.32. The molecule has 0 saturated carbocycles. The maximum absolute atomic E-state index is 10.4. The number of aliphatic hydroxyl groups excluding tert-OH is 1. The van der Waals surface area contributed by atoms with Gasteiger partial charge in [-0.1, -0.05) is 57.2 Å². The fourth-order valence-corrected chi connectivity index (χ4v) is 2.35. The van der Waals surface area contributed by atoms with Gasteiger partial charge in [-0.2, -0.15) is 0 Å². The van der Waals surface area contributed by atoms with Crippen LogP contribution < -0.4 is 4.74 Å². The summed E-state index contributed by atoms with van der Waals surface area (Å²) < 4.78 is 5.21. The van der Waals surface area contributed by atoms with Gasteiger partial charge in [0, 0.05) is 6.42 Å². The van der Waals surface area contributed by atoms with Gasteiger partial charge in [-0.05, 0) is 34.2 Å². The van der Waals surface area contributed by atoms with Crippen molar-refractivity contribution in [2.75, 3.05) is 7.11 Å². The highest BCUT2D eigenvalue weighted by Gasteiger charge is 2.15. The van der Waals surface area contributed by atoms with Crippen LogP contribution in [0, 0.1) is 0 Å². The van der Waals surface area contributed by atoms with Gasteiger partial charge >= 0.3 is 0 Å². The van der Waals surface area contributed by atoms with Crippen LogP contribution in [0.25, 0.3) is 0 Å². The Balaban J connectivity index is 2.11. The van der Waals surface area contributed by atoms with Crippen LogP contribution in [-0.4, -0.2) is 12.2 Å². The van der Waals surface area contributed by atoms with Gasteiger partial charge in [0.15, 0.2) is 0 Å². The molecule has 0 radical (unpaired) electrons. The molecule has 112 valence electrons. The molecule has 0 amide bonds. The van der Waals surface area contributed by atoms with Gasteiger partial charge in [0.1, 0.15) is 5.75 Å². The lowest BCUT2D eigenvalue weighted by Crippen LogP contribution is -2.11. The monoisotopic (exact) mass is 284 g/mol. The van der Waals surface area contributed by atoms with E-state index in [2.05, 4.69) is 32.9 Å². The summed E-state index contributed by atoms with van der Waals surface area (Å²) in [5.41, 5.74) is 3.43. The van der Waals surface area contributed by atoms with E-state index >= 15 is 0 Å². The molecule has 2 aromatic carbocycles. The molecular weight excluding hydrogens is 260 g/mol. The molecule has 0 aliphatic carbocycles. The number of ether oxygens (including phenoxy) is 1. The first-order valence-electron chi connectivity index (χ1n) is 7.31. The maximum Gasteiger partial charge on any atom is 0.119 e. The number of benzene rings is 2. The van der Waals surface area contributed by atoms with Gasteiger partial charge in [0.2, 0.25) is 0 Å². The SMILES string of the molecule is COc1cccc(CC(O)c2ccc(C(C)(C)C)cc2)c1. The van der Waals surface area contributed by atoms with Gasteiger partial charge in [0.05, 0.1) is 13.2 Å².